The SMILES string of the molecule is CC(C)C1(C(=O)O)CCN(C2CCCc3sccc32)C1. The number of nitrogens with zero attached hydrogens (tertiary/aromatic N) is 1. The van der Waals surface area contributed by atoms with E-state index in [1.165, 1.54) is 29.7 Å². The summed E-state index contributed by atoms with van der Waals surface area (Å²) in [5.74, 6) is -0.424. The molecular weight excluding hydrogens is 270 g/mol. The molecule has 0 spiro atoms. The second kappa shape index (κ2) is 5.15. The number of rotatable bonds is 3. The summed E-state index contributed by atoms with van der Waals surface area (Å²) in [5, 5.41) is 11.9. The number of likely N-dealkylation sites (tertiary alicyclic amines) is 1. The lowest BCUT2D eigenvalue weighted by Crippen LogP contribution is -2.40. The first kappa shape index (κ1) is 14.1. The van der Waals surface area contributed by atoms with Crippen molar-refractivity contribution in [3.63, 3.8) is 0 Å². The van der Waals surface area contributed by atoms with Crippen LogP contribution in [0.25, 0.3) is 0 Å². The molecule has 110 valence electrons. The molecular formula is C16H23NO2S. The van der Waals surface area contributed by atoms with Crippen LogP contribution in [0.3, 0.4) is 0 Å². The Morgan fingerprint density at radius 1 is 1.55 bits per heavy atom. The summed E-state index contributed by atoms with van der Waals surface area (Å²) in [6.07, 6.45) is 4.40. The molecule has 3 nitrogen and oxygen atoms in total. The first-order chi connectivity index (χ1) is 9.54. The van der Waals surface area contributed by atoms with Crippen LogP contribution in [0.5, 0.6) is 0 Å². The molecule has 2 unspecified atom stereocenters. The summed E-state index contributed by atoms with van der Waals surface area (Å²) < 4.78 is 0. The van der Waals surface area contributed by atoms with Crippen LogP contribution in [0.2, 0.25) is 0 Å². The lowest BCUT2D eigenvalue weighted by Gasteiger charge is -2.34. The highest BCUT2D eigenvalue weighted by atomic mass is 32.1. The lowest BCUT2D eigenvalue weighted by molar-refractivity contribution is -0.151. The topological polar surface area (TPSA) is 40.5 Å². The third-order valence-corrected chi connectivity index (χ3v) is 6.32. The average Bonchev–Trinajstić information content (AvgIpc) is 3.05. The molecule has 1 aromatic heterocycles. The molecule has 0 amide bonds. The minimum Gasteiger partial charge on any atom is -0.481 e. The van der Waals surface area contributed by atoms with Crippen LogP contribution >= 0.6 is 11.3 Å². The zero-order valence-corrected chi connectivity index (χ0v) is 13.1. The fraction of sp³-hybridized carbons (Fsp3) is 0.688. The first-order valence-electron chi connectivity index (χ1n) is 7.58. The molecule has 0 radical (unpaired) electrons. The van der Waals surface area contributed by atoms with Gasteiger partial charge in [0.15, 0.2) is 0 Å². The van der Waals surface area contributed by atoms with E-state index >= 15 is 0 Å². The quantitative estimate of drug-likeness (QED) is 0.926. The standard InChI is InChI=1S/C16H23NO2S/c1-11(2)16(15(18)19)7-8-17(10-16)13-4-3-5-14-12(13)6-9-20-14/h6,9,11,13H,3-5,7-8,10H2,1-2H3,(H,18,19). The van der Waals surface area contributed by atoms with Crippen LogP contribution in [0.1, 0.15) is 49.6 Å². The van der Waals surface area contributed by atoms with Gasteiger partial charge in [-0.2, -0.15) is 0 Å². The maximum atomic E-state index is 11.8. The lowest BCUT2D eigenvalue weighted by atomic mass is 9.76. The van der Waals surface area contributed by atoms with Crippen molar-refractivity contribution in [3.8, 4) is 0 Å². The Hall–Kier alpha value is -0.870. The summed E-state index contributed by atoms with van der Waals surface area (Å²) in [7, 11) is 0. The maximum absolute atomic E-state index is 11.8. The van der Waals surface area contributed by atoms with Crippen LogP contribution in [0.4, 0.5) is 0 Å². The summed E-state index contributed by atoms with van der Waals surface area (Å²) >= 11 is 1.86. The molecule has 20 heavy (non-hydrogen) atoms. The summed E-state index contributed by atoms with van der Waals surface area (Å²) in [4.78, 5) is 15.7. The second-order valence-electron chi connectivity index (χ2n) is 6.54. The molecule has 1 aliphatic heterocycles. The van der Waals surface area contributed by atoms with Crippen molar-refractivity contribution in [1.82, 2.24) is 4.90 Å². The highest BCUT2D eigenvalue weighted by Crippen LogP contribution is 2.45. The van der Waals surface area contributed by atoms with Gasteiger partial charge in [0.05, 0.1) is 5.41 Å². The van der Waals surface area contributed by atoms with Gasteiger partial charge in [0.2, 0.25) is 0 Å². The van der Waals surface area contributed by atoms with Crippen molar-refractivity contribution >= 4 is 17.3 Å². The van der Waals surface area contributed by atoms with Gasteiger partial charge >= 0.3 is 5.97 Å². The molecule has 0 aromatic carbocycles. The number of aliphatic carboxylic acids is 1. The van der Waals surface area contributed by atoms with E-state index in [1.807, 2.05) is 11.3 Å². The molecule has 2 aliphatic rings. The van der Waals surface area contributed by atoms with Crippen LogP contribution in [0.15, 0.2) is 11.4 Å². The van der Waals surface area contributed by atoms with Crippen molar-refractivity contribution in [2.75, 3.05) is 13.1 Å². The van der Waals surface area contributed by atoms with Gasteiger partial charge in [0.25, 0.3) is 0 Å². The van der Waals surface area contributed by atoms with Gasteiger partial charge in [-0.3, -0.25) is 9.69 Å². The van der Waals surface area contributed by atoms with Gasteiger partial charge in [0.1, 0.15) is 0 Å². The van der Waals surface area contributed by atoms with Crippen LogP contribution < -0.4 is 0 Å². The van der Waals surface area contributed by atoms with Crippen molar-refractivity contribution in [3.05, 3.63) is 21.9 Å². The molecule has 1 N–H and O–H groups in total. The fourth-order valence-electron chi connectivity index (χ4n) is 3.86. The molecule has 1 fully saturated rings. The molecule has 2 heterocycles. The third kappa shape index (κ3) is 2.09. The van der Waals surface area contributed by atoms with Crippen LogP contribution in [-0.2, 0) is 11.2 Å². The third-order valence-electron chi connectivity index (χ3n) is 5.32. The van der Waals surface area contributed by atoms with E-state index in [0.717, 1.165) is 13.0 Å². The van der Waals surface area contributed by atoms with E-state index in [4.69, 9.17) is 0 Å². The number of thiophene rings is 1. The Morgan fingerprint density at radius 3 is 3.00 bits per heavy atom. The Balaban J connectivity index is 1.83. The average molecular weight is 293 g/mol. The van der Waals surface area contributed by atoms with E-state index in [2.05, 4.69) is 30.2 Å². The van der Waals surface area contributed by atoms with Gasteiger partial charge in [-0.25, -0.2) is 0 Å². The predicted molar refractivity (Wildman–Crippen MR) is 81.1 cm³/mol. The minimum atomic E-state index is -0.614. The van der Waals surface area contributed by atoms with E-state index in [1.54, 1.807) is 0 Å². The summed E-state index contributed by atoms with van der Waals surface area (Å²) in [6.45, 7) is 5.73. The number of aryl methyl sites for hydroxylation is 1. The largest absolute Gasteiger partial charge is 0.481 e. The van der Waals surface area contributed by atoms with Crippen molar-refractivity contribution in [2.24, 2.45) is 11.3 Å². The zero-order valence-electron chi connectivity index (χ0n) is 12.3. The molecule has 4 heteroatoms. The normalized spacial score (nSPS) is 30.6. The molecule has 2 atom stereocenters. The minimum absolute atomic E-state index is 0.190. The van der Waals surface area contributed by atoms with Gasteiger partial charge in [0, 0.05) is 17.5 Å². The first-order valence-corrected chi connectivity index (χ1v) is 8.46. The van der Waals surface area contributed by atoms with Crippen LogP contribution in [0, 0.1) is 11.3 Å². The Labute approximate surface area is 124 Å². The molecule has 1 saturated heterocycles. The molecule has 3 rings (SSSR count). The molecule has 1 aliphatic carbocycles. The van der Waals surface area contributed by atoms with Gasteiger partial charge in [-0.05, 0) is 55.2 Å². The second-order valence-corrected chi connectivity index (χ2v) is 7.54. The van der Waals surface area contributed by atoms with Crippen molar-refractivity contribution in [1.29, 1.82) is 0 Å². The number of carboxylic acids is 1. The van der Waals surface area contributed by atoms with Crippen molar-refractivity contribution in [2.45, 2.75) is 45.6 Å². The predicted octanol–water partition coefficient (Wildman–Crippen LogP) is 3.56. The van der Waals surface area contributed by atoms with Crippen LogP contribution in [-0.4, -0.2) is 29.1 Å². The fourth-order valence-corrected chi connectivity index (χ4v) is 4.85. The van der Waals surface area contributed by atoms with Crippen molar-refractivity contribution < 1.29 is 9.90 Å². The van der Waals surface area contributed by atoms with E-state index < -0.39 is 11.4 Å². The Kier molecular flexibility index (Phi) is 3.63. The maximum Gasteiger partial charge on any atom is 0.311 e. The number of fused-ring (bicyclic) bond motifs is 1. The van der Waals surface area contributed by atoms with E-state index in [9.17, 15) is 9.90 Å². The zero-order chi connectivity index (χ0) is 14.3. The monoisotopic (exact) mass is 293 g/mol. The highest BCUT2D eigenvalue weighted by molar-refractivity contribution is 7.10. The highest BCUT2D eigenvalue weighted by Gasteiger charge is 2.49. The van der Waals surface area contributed by atoms with E-state index in [-0.39, 0.29) is 5.92 Å². The number of hydrogen-bond donors (Lipinski definition) is 1. The summed E-state index contributed by atoms with van der Waals surface area (Å²) in [6, 6.07) is 2.70. The van der Waals surface area contributed by atoms with Gasteiger partial charge in [-0.15, -0.1) is 11.3 Å². The number of carbonyl (C=O) groups is 1. The van der Waals surface area contributed by atoms with Gasteiger partial charge in [-0.1, -0.05) is 13.8 Å². The van der Waals surface area contributed by atoms with E-state index in [0.29, 0.717) is 12.6 Å². The molecule has 0 saturated carbocycles. The number of carboxylic acid groups (broad SMARTS) is 1. The smallest absolute Gasteiger partial charge is 0.311 e. The Morgan fingerprint density at radius 2 is 2.35 bits per heavy atom. The molecule has 0 bridgehead atoms. The molecule has 1 aromatic rings. The Bertz CT molecular complexity index is 510. The summed E-state index contributed by atoms with van der Waals surface area (Å²) in [5.41, 5.74) is 0.916. The number of hydrogen-bond acceptors (Lipinski definition) is 3. The van der Waals surface area contributed by atoms with Gasteiger partial charge < -0.3 is 5.11 Å².